The average molecular weight is 482 g/mol. The fourth-order valence-corrected chi connectivity index (χ4v) is 4.28. The van der Waals surface area contributed by atoms with E-state index in [0.717, 1.165) is 29.7 Å². The maximum Gasteiger partial charge on any atom is 0.289 e. The number of nitrogens with zero attached hydrogens (tertiary/aromatic N) is 5. The van der Waals surface area contributed by atoms with Gasteiger partial charge in [0, 0.05) is 56.9 Å². The number of piperidine rings is 1. The van der Waals surface area contributed by atoms with Gasteiger partial charge in [-0.2, -0.15) is 0 Å². The number of amides is 2. The molecule has 1 atom stereocenters. The van der Waals surface area contributed by atoms with Crippen molar-refractivity contribution in [3.05, 3.63) is 65.3 Å². The molecule has 3 aromatic rings. The first kappa shape index (κ1) is 23.8. The molecule has 1 saturated heterocycles. The highest BCUT2D eigenvalue weighted by Crippen LogP contribution is 2.34. The van der Waals surface area contributed by atoms with Crippen molar-refractivity contribution in [3.63, 3.8) is 0 Å². The van der Waals surface area contributed by atoms with Gasteiger partial charge >= 0.3 is 0 Å². The lowest BCUT2D eigenvalue weighted by Crippen LogP contribution is -2.45. The summed E-state index contributed by atoms with van der Waals surface area (Å²) in [5.41, 5.74) is 2.84. The summed E-state index contributed by atoms with van der Waals surface area (Å²) in [4.78, 5) is 40.0. The topological polar surface area (TPSA) is 82.8 Å². The zero-order valence-corrected chi connectivity index (χ0v) is 20.3. The predicted molar refractivity (Wildman–Crippen MR) is 131 cm³/mol. The third-order valence-corrected chi connectivity index (χ3v) is 6.22. The molecule has 9 heteroatoms. The summed E-state index contributed by atoms with van der Waals surface area (Å²) in [5.74, 6) is 0.484. The van der Waals surface area contributed by atoms with Gasteiger partial charge in [0.2, 0.25) is 11.9 Å². The molecule has 1 aliphatic rings. The minimum atomic E-state index is -0.316. The lowest BCUT2D eigenvalue weighted by molar-refractivity contribution is -0.132. The summed E-state index contributed by atoms with van der Waals surface area (Å²) in [6, 6.07) is 10.9. The quantitative estimate of drug-likeness (QED) is 0.530. The van der Waals surface area contributed by atoms with Crippen LogP contribution in [0.1, 0.15) is 35.0 Å². The van der Waals surface area contributed by atoms with E-state index in [4.69, 9.17) is 21.0 Å². The zero-order chi connectivity index (χ0) is 24.2. The van der Waals surface area contributed by atoms with Crippen molar-refractivity contribution in [3.8, 4) is 11.1 Å². The number of likely N-dealkylation sites (N-methyl/N-ethyl adjacent to an activating group) is 1. The number of carbonyl (C=O) groups is 2. The lowest BCUT2D eigenvalue weighted by Gasteiger charge is -2.34. The Bertz CT molecular complexity index is 1150. The SMILES string of the molecule is CN(CC(=O)N1CCCC(c2nc(N(C)C)ncc2-c2ccc(Cl)cc2)C1)C(=O)c1ccco1. The minimum absolute atomic E-state index is 0.0109. The Balaban J connectivity index is 1.55. The van der Waals surface area contributed by atoms with Crippen molar-refractivity contribution in [2.45, 2.75) is 18.8 Å². The first-order valence-corrected chi connectivity index (χ1v) is 11.6. The molecule has 0 aliphatic carbocycles. The predicted octanol–water partition coefficient (Wildman–Crippen LogP) is 3.93. The third-order valence-electron chi connectivity index (χ3n) is 5.97. The number of hydrogen-bond donors (Lipinski definition) is 0. The van der Waals surface area contributed by atoms with Gasteiger partial charge in [-0.25, -0.2) is 9.97 Å². The van der Waals surface area contributed by atoms with Crippen molar-refractivity contribution < 1.29 is 14.0 Å². The minimum Gasteiger partial charge on any atom is -0.459 e. The molecule has 3 heterocycles. The molecule has 0 bridgehead atoms. The monoisotopic (exact) mass is 481 g/mol. The number of aromatic nitrogens is 2. The molecule has 0 N–H and O–H groups in total. The first-order chi connectivity index (χ1) is 16.3. The Morgan fingerprint density at radius 2 is 1.94 bits per heavy atom. The standard InChI is InChI=1S/C25H28ClN5O3/c1-29(2)25-27-14-20(17-8-10-19(26)11-9-17)23(28-25)18-6-4-12-31(15-18)22(32)16-30(3)24(33)21-7-5-13-34-21/h5,7-11,13-14,18H,4,6,12,15-16H2,1-3H3. The third kappa shape index (κ3) is 5.22. The number of rotatable bonds is 6. The van der Waals surface area contributed by atoms with Gasteiger partial charge in [0.1, 0.15) is 0 Å². The van der Waals surface area contributed by atoms with E-state index in [1.807, 2.05) is 54.4 Å². The average Bonchev–Trinajstić information content (AvgIpc) is 3.38. The Kier molecular flexibility index (Phi) is 7.17. The van der Waals surface area contributed by atoms with Crippen molar-refractivity contribution in [2.75, 3.05) is 45.7 Å². The molecule has 34 heavy (non-hydrogen) atoms. The van der Waals surface area contributed by atoms with Crippen LogP contribution in [0, 0.1) is 0 Å². The molecule has 8 nitrogen and oxygen atoms in total. The number of furan rings is 1. The molecule has 2 aromatic heterocycles. The van der Waals surface area contributed by atoms with E-state index in [0.29, 0.717) is 24.1 Å². The molecule has 1 aromatic carbocycles. The summed E-state index contributed by atoms with van der Waals surface area (Å²) in [7, 11) is 5.42. The van der Waals surface area contributed by atoms with Crippen LogP contribution < -0.4 is 4.90 Å². The molecule has 0 saturated carbocycles. The highest BCUT2D eigenvalue weighted by atomic mass is 35.5. The molecule has 1 aliphatic heterocycles. The number of halogens is 1. The van der Waals surface area contributed by atoms with Crippen LogP contribution in [0.2, 0.25) is 5.02 Å². The van der Waals surface area contributed by atoms with E-state index in [1.165, 1.54) is 11.2 Å². The van der Waals surface area contributed by atoms with Gasteiger partial charge in [0.25, 0.3) is 5.91 Å². The summed E-state index contributed by atoms with van der Waals surface area (Å²) in [6.45, 7) is 1.18. The van der Waals surface area contributed by atoms with Crippen LogP contribution >= 0.6 is 11.6 Å². The second-order valence-corrected chi connectivity index (χ2v) is 9.12. The Morgan fingerprint density at radius 1 is 1.18 bits per heavy atom. The molecule has 0 spiro atoms. The number of likely N-dealkylation sites (tertiary alicyclic amines) is 1. The fourth-order valence-electron chi connectivity index (χ4n) is 4.15. The maximum atomic E-state index is 13.1. The molecule has 0 radical (unpaired) electrons. The van der Waals surface area contributed by atoms with E-state index in [2.05, 4.69) is 4.98 Å². The van der Waals surface area contributed by atoms with Crippen molar-refractivity contribution in [1.82, 2.24) is 19.8 Å². The summed E-state index contributed by atoms with van der Waals surface area (Å²) in [5, 5.41) is 0.666. The van der Waals surface area contributed by atoms with Gasteiger partial charge in [0.15, 0.2) is 5.76 Å². The number of benzene rings is 1. The second kappa shape index (κ2) is 10.3. The Hall–Kier alpha value is -3.39. The molecule has 1 unspecified atom stereocenters. The van der Waals surface area contributed by atoms with E-state index < -0.39 is 0 Å². The Labute approximate surface area is 204 Å². The molecule has 2 amide bonds. The van der Waals surface area contributed by atoms with Gasteiger partial charge in [-0.1, -0.05) is 23.7 Å². The summed E-state index contributed by atoms with van der Waals surface area (Å²) >= 11 is 6.09. The number of carbonyl (C=O) groups excluding carboxylic acids is 2. The maximum absolute atomic E-state index is 13.1. The Morgan fingerprint density at radius 3 is 2.62 bits per heavy atom. The zero-order valence-electron chi connectivity index (χ0n) is 19.6. The van der Waals surface area contributed by atoms with Crippen LogP contribution in [0.25, 0.3) is 11.1 Å². The van der Waals surface area contributed by atoms with Crippen molar-refractivity contribution in [1.29, 1.82) is 0 Å². The van der Waals surface area contributed by atoms with Gasteiger partial charge in [-0.05, 0) is 42.7 Å². The van der Waals surface area contributed by atoms with Gasteiger partial charge < -0.3 is 19.1 Å². The molecular formula is C25H28ClN5O3. The molecule has 4 rings (SSSR count). The fraction of sp³-hybridized carbons (Fsp3) is 0.360. The van der Waals surface area contributed by atoms with Gasteiger partial charge in [-0.3, -0.25) is 9.59 Å². The van der Waals surface area contributed by atoms with Crippen LogP contribution in [0.4, 0.5) is 5.95 Å². The van der Waals surface area contributed by atoms with Crippen LogP contribution in [-0.2, 0) is 4.79 Å². The molecule has 1 fully saturated rings. The summed E-state index contributed by atoms with van der Waals surface area (Å²) in [6.07, 6.45) is 5.06. The van der Waals surface area contributed by atoms with E-state index >= 15 is 0 Å². The highest BCUT2D eigenvalue weighted by Gasteiger charge is 2.29. The second-order valence-electron chi connectivity index (χ2n) is 8.69. The van der Waals surface area contributed by atoms with Gasteiger partial charge in [0.05, 0.1) is 18.5 Å². The molecule has 178 valence electrons. The van der Waals surface area contributed by atoms with Crippen LogP contribution in [0.5, 0.6) is 0 Å². The smallest absolute Gasteiger partial charge is 0.289 e. The van der Waals surface area contributed by atoms with Crippen LogP contribution in [0.15, 0.2) is 53.3 Å². The number of anilines is 1. The summed E-state index contributed by atoms with van der Waals surface area (Å²) < 4.78 is 5.17. The van der Waals surface area contributed by atoms with Gasteiger partial charge in [-0.15, -0.1) is 0 Å². The van der Waals surface area contributed by atoms with Crippen LogP contribution in [0.3, 0.4) is 0 Å². The molecular weight excluding hydrogens is 454 g/mol. The van der Waals surface area contributed by atoms with Crippen LogP contribution in [-0.4, -0.2) is 72.4 Å². The first-order valence-electron chi connectivity index (χ1n) is 11.2. The van der Waals surface area contributed by atoms with Crippen molar-refractivity contribution >= 4 is 29.4 Å². The normalized spacial score (nSPS) is 15.8. The van der Waals surface area contributed by atoms with E-state index in [1.54, 1.807) is 19.2 Å². The van der Waals surface area contributed by atoms with E-state index in [-0.39, 0.29) is 30.0 Å². The van der Waals surface area contributed by atoms with Crippen molar-refractivity contribution in [2.24, 2.45) is 0 Å². The lowest BCUT2D eigenvalue weighted by atomic mass is 9.90. The highest BCUT2D eigenvalue weighted by molar-refractivity contribution is 6.30. The van der Waals surface area contributed by atoms with E-state index in [9.17, 15) is 9.59 Å². The number of hydrogen-bond acceptors (Lipinski definition) is 6. The largest absolute Gasteiger partial charge is 0.459 e.